The molecule has 0 atom stereocenters. The summed E-state index contributed by atoms with van der Waals surface area (Å²) in [5, 5.41) is 18.5. The van der Waals surface area contributed by atoms with Crippen molar-refractivity contribution >= 4 is 18.1 Å². The average molecular weight is 431 g/mol. The first-order valence-corrected chi connectivity index (χ1v) is 11.3. The van der Waals surface area contributed by atoms with Crippen molar-refractivity contribution < 1.29 is 23.8 Å². The Morgan fingerprint density at radius 1 is 0.839 bits per heavy atom. The van der Waals surface area contributed by atoms with E-state index in [4.69, 9.17) is 13.9 Å². The minimum absolute atomic E-state index is 0.00594. The summed E-state index contributed by atoms with van der Waals surface area (Å²) in [5.41, 5.74) is -0.678. The monoisotopic (exact) mass is 430 g/mol. The second-order valence-electron chi connectivity index (χ2n) is 9.87. The highest BCUT2D eigenvalue weighted by Crippen LogP contribution is 2.25. The van der Waals surface area contributed by atoms with Crippen molar-refractivity contribution in [2.75, 3.05) is 6.61 Å². The van der Waals surface area contributed by atoms with Gasteiger partial charge in [-0.25, -0.2) is 0 Å². The molecule has 2 aromatic rings. The number of rotatable bonds is 14. The first-order chi connectivity index (χ1) is 14.6. The van der Waals surface area contributed by atoms with Crippen molar-refractivity contribution in [3.8, 4) is 0 Å². The fourth-order valence-electron chi connectivity index (χ4n) is 3.36. The van der Waals surface area contributed by atoms with Crippen molar-refractivity contribution in [2.24, 2.45) is 10.8 Å². The van der Waals surface area contributed by atoms with Crippen molar-refractivity contribution in [3.05, 3.63) is 47.3 Å². The predicted octanol–water partition coefficient (Wildman–Crippen LogP) is 6.60. The van der Waals surface area contributed by atoms with Gasteiger partial charge in [0.2, 0.25) is 0 Å². The minimum atomic E-state index is -0.746. The van der Waals surface area contributed by atoms with E-state index in [9.17, 15) is 9.90 Å². The smallest absolute Gasteiger partial charge is 0.309 e. The van der Waals surface area contributed by atoms with Crippen LogP contribution < -0.4 is 0 Å². The molecule has 0 fully saturated rings. The molecule has 0 aliphatic rings. The number of carbonyl (C=O) groups is 1. The van der Waals surface area contributed by atoms with Crippen molar-refractivity contribution in [1.29, 1.82) is 0 Å². The van der Waals surface area contributed by atoms with Crippen LogP contribution in [0.15, 0.2) is 33.1 Å². The van der Waals surface area contributed by atoms with E-state index in [0.29, 0.717) is 6.42 Å². The van der Waals surface area contributed by atoms with Crippen LogP contribution in [-0.4, -0.2) is 22.8 Å². The van der Waals surface area contributed by atoms with Crippen LogP contribution in [0.2, 0.25) is 0 Å². The number of hydrogen-bond acceptors (Lipinski definition) is 4. The number of aryl methyl sites for hydroxylation is 2. The second-order valence-corrected chi connectivity index (χ2v) is 9.87. The molecule has 0 aromatic carbocycles. The van der Waals surface area contributed by atoms with E-state index in [1.54, 1.807) is 13.8 Å². The van der Waals surface area contributed by atoms with E-state index >= 15 is 0 Å². The Morgan fingerprint density at radius 2 is 1.32 bits per heavy atom. The fraction of sp³-hybridized carbons (Fsp3) is 0.577. The highest BCUT2D eigenvalue weighted by atomic mass is 16.4. The molecule has 2 heterocycles. The number of aliphatic carboxylic acids is 1. The van der Waals surface area contributed by atoms with Gasteiger partial charge in [0.05, 0.1) is 5.41 Å². The van der Waals surface area contributed by atoms with Gasteiger partial charge in [0.15, 0.2) is 0 Å². The number of carboxylic acids is 1. The topological polar surface area (TPSA) is 83.8 Å². The number of unbranched alkanes of at least 4 members (excludes halogenated alkanes) is 2. The van der Waals surface area contributed by atoms with Gasteiger partial charge in [0, 0.05) is 19.4 Å². The van der Waals surface area contributed by atoms with Gasteiger partial charge in [0.25, 0.3) is 0 Å². The molecule has 0 aliphatic carbocycles. The van der Waals surface area contributed by atoms with Crippen LogP contribution in [0, 0.1) is 10.8 Å². The van der Waals surface area contributed by atoms with Gasteiger partial charge in [-0.1, -0.05) is 26.7 Å². The Bertz CT molecular complexity index is 838. The molecule has 172 valence electrons. The lowest BCUT2D eigenvalue weighted by molar-refractivity contribution is -0.147. The zero-order valence-corrected chi connectivity index (χ0v) is 19.4. The zero-order chi connectivity index (χ0) is 22.9. The highest BCUT2D eigenvalue weighted by molar-refractivity contribution is 5.73. The zero-order valence-electron chi connectivity index (χ0n) is 19.4. The molecule has 5 heteroatoms. The van der Waals surface area contributed by atoms with E-state index < -0.39 is 11.4 Å². The molecular formula is C26H38O5. The lowest BCUT2D eigenvalue weighted by Gasteiger charge is -2.20. The Labute approximate surface area is 186 Å². The molecule has 2 rings (SSSR count). The lowest BCUT2D eigenvalue weighted by Crippen LogP contribution is -2.23. The Kier molecular flexibility index (Phi) is 9.17. The number of aliphatic hydroxyl groups excluding tert-OH is 1. The van der Waals surface area contributed by atoms with Crippen LogP contribution in [0.4, 0.5) is 0 Å². The third-order valence-electron chi connectivity index (χ3n) is 5.79. The number of aliphatic hydroxyl groups is 1. The maximum absolute atomic E-state index is 11.1. The van der Waals surface area contributed by atoms with E-state index in [1.165, 1.54) is 0 Å². The van der Waals surface area contributed by atoms with Gasteiger partial charge in [0.1, 0.15) is 23.0 Å². The van der Waals surface area contributed by atoms with Gasteiger partial charge in [-0.05, 0) is 81.4 Å². The summed E-state index contributed by atoms with van der Waals surface area (Å²) in [4.78, 5) is 11.1. The molecule has 0 unspecified atom stereocenters. The predicted molar refractivity (Wildman–Crippen MR) is 124 cm³/mol. The Hall–Kier alpha value is -2.27. The summed E-state index contributed by atoms with van der Waals surface area (Å²) in [5.74, 6) is 2.74. The molecule has 0 spiro atoms. The minimum Gasteiger partial charge on any atom is -0.481 e. The Balaban J connectivity index is 1.73. The second kappa shape index (κ2) is 11.4. The molecule has 0 radical (unpaired) electrons. The summed E-state index contributed by atoms with van der Waals surface area (Å²) in [6.07, 6.45) is 11.1. The van der Waals surface area contributed by atoms with Gasteiger partial charge >= 0.3 is 5.97 Å². The lowest BCUT2D eigenvalue weighted by atomic mass is 9.87. The summed E-state index contributed by atoms with van der Waals surface area (Å²) < 4.78 is 11.7. The van der Waals surface area contributed by atoms with E-state index in [-0.39, 0.29) is 12.0 Å². The summed E-state index contributed by atoms with van der Waals surface area (Å²) in [6, 6.07) is 7.91. The van der Waals surface area contributed by atoms with Crippen LogP contribution in [0.3, 0.4) is 0 Å². The SMILES string of the molecule is CC(C)(CO)CCCCc1ccc(C=Cc2ccc(CCCCC(C)(C)C(=O)O)o2)o1. The van der Waals surface area contributed by atoms with Crippen LogP contribution >= 0.6 is 0 Å². The molecule has 0 bridgehead atoms. The summed E-state index contributed by atoms with van der Waals surface area (Å²) in [6.45, 7) is 7.93. The van der Waals surface area contributed by atoms with Crippen LogP contribution in [0.1, 0.15) is 89.3 Å². The quantitative estimate of drug-likeness (QED) is 0.330. The molecule has 2 N–H and O–H groups in total. The molecular weight excluding hydrogens is 392 g/mol. The molecule has 0 aliphatic heterocycles. The van der Waals surface area contributed by atoms with Crippen LogP contribution in [-0.2, 0) is 17.6 Å². The molecule has 31 heavy (non-hydrogen) atoms. The maximum Gasteiger partial charge on any atom is 0.309 e. The third kappa shape index (κ3) is 8.78. The van der Waals surface area contributed by atoms with Crippen molar-refractivity contribution in [1.82, 2.24) is 0 Å². The normalized spacial score (nSPS) is 12.7. The molecule has 5 nitrogen and oxygen atoms in total. The maximum atomic E-state index is 11.1. The first-order valence-electron chi connectivity index (χ1n) is 11.3. The van der Waals surface area contributed by atoms with Gasteiger partial charge in [-0.2, -0.15) is 0 Å². The fourth-order valence-corrected chi connectivity index (χ4v) is 3.36. The first kappa shape index (κ1) is 25.0. The van der Waals surface area contributed by atoms with Crippen molar-refractivity contribution in [2.45, 2.75) is 79.1 Å². The molecule has 0 saturated carbocycles. The Morgan fingerprint density at radius 3 is 1.77 bits per heavy atom. The third-order valence-corrected chi connectivity index (χ3v) is 5.79. The molecule has 0 saturated heterocycles. The van der Waals surface area contributed by atoms with Gasteiger partial charge in [-0.15, -0.1) is 0 Å². The van der Waals surface area contributed by atoms with E-state index in [1.807, 2.05) is 36.4 Å². The number of carboxylic acid groups (broad SMARTS) is 1. The van der Waals surface area contributed by atoms with Crippen LogP contribution in [0.25, 0.3) is 12.2 Å². The van der Waals surface area contributed by atoms with Gasteiger partial charge < -0.3 is 19.0 Å². The standard InChI is InChI=1S/C26H38O5/c1-25(2,19-27)17-7-5-9-20-11-13-22(30-20)15-16-23-14-12-21(31-23)10-6-8-18-26(3,4)24(28)29/h11-16,27H,5-10,17-19H2,1-4H3,(H,28,29). The van der Waals surface area contributed by atoms with Crippen LogP contribution in [0.5, 0.6) is 0 Å². The molecule has 0 amide bonds. The summed E-state index contributed by atoms with van der Waals surface area (Å²) in [7, 11) is 0. The number of hydrogen-bond donors (Lipinski definition) is 2. The highest BCUT2D eigenvalue weighted by Gasteiger charge is 2.26. The number of furan rings is 2. The van der Waals surface area contributed by atoms with Crippen molar-refractivity contribution in [3.63, 3.8) is 0 Å². The largest absolute Gasteiger partial charge is 0.481 e. The summed E-state index contributed by atoms with van der Waals surface area (Å²) >= 11 is 0. The van der Waals surface area contributed by atoms with E-state index in [0.717, 1.165) is 68.0 Å². The average Bonchev–Trinajstić information content (AvgIpc) is 3.36. The van der Waals surface area contributed by atoms with E-state index in [2.05, 4.69) is 13.8 Å². The molecule has 2 aromatic heterocycles. The van der Waals surface area contributed by atoms with Gasteiger partial charge in [-0.3, -0.25) is 4.79 Å².